The maximum atomic E-state index is 12.2. The molecule has 2 rings (SSSR count). The number of nitrogens with one attached hydrogen (secondary N) is 1. The van der Waals surface area contributed by atoms with Gasteiger partial charge in [0.1, 0.15) is 0 Å². The molecule has 110 valence electrons. The van der Waals surface area contributed by atoms with Gasteiger partial charge in [-0.05, 0) is 30.5 Å². The zero-order chi connectivity index (χ0) is 14.6. The fraction of sp³-hybridized carbons (Fsp3) is 0.500. The summed E-state index contributed by atoms with van der Waals surface area (Å²) in [4.78, 5) is 12.2. The van der Waals surface area contributed by atoms with E-state index in [1.54, 1.807) is 18.2 Å². The van der Waals surface area contributed by atoms with Crippen LogP contribution in [0, 0.1) is 0 Å². The molecule has 3 nitrogen and oxygen atoms in total. The Kier molecular flexibility index (Phi) is 5.56. The molecule has 1 aliphatic heterocycles. The highest BCUT2D eigenvalue weighted by Crippen LogP contribution is 2.24. The molecule has 1 aromatic rings. The maximum absolute atomic E-state index is 12.2. The lowest BCUT2D eigenvalue weighted by atomic mass is 9.92. The van der Waals surface area contributed by atoms with Crippen molar-refractivity contribution in [2.75, 3.05) is 19.1 Å². The summed E-state index contributed by atoms with van der Waals surface area (Å²) in [6.45, 7) is 1.25. The summed E-state index contributed by atoms with van der Waals surface area (Å²) in [5.41, 5.74) is 0.473. The van der Waals surface area contributed by atoms with E-state index in [1.165, 1.54) is 0 Å². The Morgan fingerprint density at radius 1 is 1.25 bits per heavy atom. The van der Waals surface area contributed by atoms with Gasteiger partial charge in [0.15, 0.2) is 0 Å². The Hall–Kier alpha value is -0.480. The standard InChI is InChI=1S/C14H16Cl3NO2/c15-9-14(3-5-20-6-4-14)18-13(19)8-10-1-2-11(16)12(17)7-10/h1-2,7H,3-6,8-9H2,(H,18,19). The Morgan fingerprint density at radius 3 is 2.55 bits per heavy atom. The van der Waals surface area contributed by atoms with Gasteiger partial charge in [0, 0.05) is 19.1 Å². The summed E-state index contributed by atoms with van der Waals surface area (Å²) in [5, 5.41) is 3.98. The third-order valence-electron chi connectivity index (χ3n) is 3.46. The van der Waals surface area contributed by atoms with E-state index in [-0.39, 0.29) is 17.9 Å². The number of halogens is 3. The van der Waals surface area contributed by atoms with Crippen molar-refractivity contribution in [2.24, 2.45) is 0 Å². The molecule has 1 fully saturated rings. The highest BCUT2D eigenvalue weighted by atomic mass is 35.5. The van der Waals surface area contributed by atoms with Gasteiger partial charge in [-0.3, -0.25) is 4.79 Å². The smallest absolute Gasteiger partial charge is 0.224 e. The van der Waals surface area contributed by atoms with Crippen LogP contribution in [0.2, 0.25) is 10.0 Å². The van der Waals surface area contributed by atoms with Crippen LogP contribution >= 0.6 is 34.8 Å². The van der Waals surface area contributed by atoms with E-state index >= 15 is 0 Å². The highest BCUT2D eigenvalue weighted by Gasteiger charge is 2.33. The molecule has 1 aliphatic rings. The van der Waals surface area contributed by atoms with Crippen molar-refractivity contribution in [3.8, 4) is 0 Å². The number of carbonyl (C=O) groups excluding carboxylic acids is 1. The van der Waals surface area contributed by atoms with E-state index in [1.807, 2.05) is 0 Å². The maximum Gasteiger partial charge on any atom is 0.224 e. The lowest BCUT2D eigenvalue weighted by Crippen LogP contribution is -2.53. The number of benzene rings is 1. The van der Waals surface area contributed by atoms with Crippen molar-refractivity contribution in [3.05, 3.63) is 33.8 Å². The van der Waals surface area contributed by atoms with Gasteiger partial charge < -0.3 is 10.1 Å². The molecule has 0 unspecified atom stereocenters. The molecule has 0 aromatic heterocycles. The van der Waals surface area contributed by atoms with Gasteiger partial charge in [-0.2, -0.15) is 0 Å². The second-order valence-corrected chi connectivity index (χ2v) is 6.08. The van der Waals surface area contributed by atoms with Gasteiger partial charge in [0.25, 0.3) is 0 Å². The Morgan fingerprint density at radius 2 is 1.95 bits per heavy atom. The molecule has 1 aromatic carbocycles. The molecule has 0 bridgehead atoms. The van der Waals surface area contributed by atoms with Gasteiger partial charge >= 0.3 is 0 Å². The summed E-state index contributed by atoms with van der Waals surface area (Å²) in [7, 11) is 0. The van der Waals surface area contributed by atoms with Crippen molar-refractivity contribution in [1.82, 2.24) is 5.32 Å². The monoisotopic (exact) mass is 335 g/mol. The zero-order valence-electron chi connectivity index (χ0n) is 10.9. The number of ether oxygens (including phenoxy) is 1. The largest absolute Gasteiger partial charge is 0.381 e. The average Bonchev–Trinajstić information content (AvgIpc) is 2.44. The topological polar surface area (TPSA) is 38.3 Å². The van der Waals surface area contributed by atoms with Crippen LogP contribution in [0.5, 0.6) is 0 Å². The van der Waals surface area contributed by atoms with Gasteiger partial charge in [0.2, 0.25) is 5.91 Å². The number of hydrogen-bond donors (Lipinski definition) is 1. The lowest BCUT2D eigenvalue weighted by molar-refractivity contribution is -0.123. The minimum absolute atomic E-state index is 0.0639. The van der Waals surface area contributed by atoms with Crippen molar-refractivity contribution in [3.63, 3.8) is 0 Å². The van der Waals surface area contributed by atoms with Crippen molar-refractivity contribution >= 4 is 40.7 Å². The van der Waals surface area contributed by atoms with E-state index in [0.29, 0.717) is 29.1 Å². The molecular weight excluding hydrogens is 321 g/mol. The Labute approximate surface area is 133 Å². The summed E-state index contributed by atoms with van der Waals surface area (Å²) in [6.07, 6.45) is 1.74. The van der Waals surface area contributed by atoms with E-state index in [0.717, 1.165) is 18.4 Å². The predicted octanol–water partition coefficient (Wildman–Crippen LogP) is 3.44. The molecule has 0 saturated carbocycles. The first-order valence-electron chi connectivity index (χ1n) is 6.43. The SMILES string of the molecule is O=C(Cc1ccc(Cl)c(Cl)c1)NC1(CCl)CCOCC1. The number of rotatable bonds is 4. The Bertz CT molecular complexity index is 487. The fourth-order valence-corrected chi connectivity index (χ4v) is 2.88. The van der Waals surface area contributed by atoms with Crippen LogP contribution < -0.4 is 5.32 Å². The van der Waals surface area contributed by atoms with Crippen LogP contribution in [0.4, 0.5) is 0 Å². The summed E-state index contributed by atoms with van der Waals surface area (Å²) >= 11 is 17.8. The predicted molar refractivity (Wildman–Crippen MR) is 81.8 cm³/mol. The van der Waals surface area contributed by atoms with Crippen LogP contribution in [0.1, 0.15) is 18.4 Å². The summed E-state index contributed by atoms with van der Waals surface area (Å²) < 4.78 is 5.31. The van der Waals surface area contributed by atoms with Gasteiger partial charge in [-0.15, -0.1) is 11.6 Å². The first-order valence-corrected chi connectivity index (χ1v) is 7.72. The van der Waals surface area contributed by atoms with Crippen LogP contribution in [0.25, 0.3) is 0 Å². The third-order valence-corrected chi connectivity index (χ3v) is 4.71. The first kappa shape index (κ1) is 15.9. The van der Waals surface area contributed by atoms with Crippen LogP contribution in [0.15, 0.2) is 18.2 Å². The molecule has 0 spiro atoms. The minimum atomic E-state index is -0.354. The number of alkyl halides is 1. The summed E-state index contributed by atoms with van der Waals surface area (Å²) in [6, 6.07) is 5.20. The molecule has 0 atom stereocenters. The molecule has 6 heteroatoms. The fourth-order valence-electron chi connectivity index (χ4n) is 2.23. The number of hydrogen-bond acceptors (Lipinski definition) is 2. The number of carbonyl (C=O) groups is 1. The third kappa shape index (κ3) is 4.01. The van der Waals surface area contributed by atoms with E-state index < -0.39 is 0 Å². The van der Waals surface area contributed by atoms with Crippen molar-refractivity contribution < 1.29 is 9.53 Å². The van der Waals surface area contributed by atoms with Gasteiger partial charge in [-0.25, -0.2) is 0 Å². The van der Waals surface area contributed by atoms with Gasteiger partial charge in [0.05, 0.1) is 22.0 Å². The van der Waals surface area contributed by atoms with Crippen LogP contribution in [-0.4, -0.2) is 30.5 Å². The molecule has 0 radical (unpaired) electrons. The lowest BCUT2D eigenvalue weighted by Gasteiger charge is -2.36. The normalized spacial score (nSPS) is 17.8. The van der Waals surface area contributed by atoms with E-state index in [2.05, 4.69) is 5.32 Å². The molecule has 20 heavy (non-hydrogen) atoms. The number of amides is 1. The molecule has 0 aliphatic carbocycles. The highest BCUT2D eigenvalue weighted by molar-refractivity contribution is 6.42. The van der Waals surface area contributed by atoms with Gasteiger partial charge in [-0.1, -0.05) is 29.3 Å². The second kappa shape index (κ2) is 6.99. The van der Waals surface area contributed by atoms with Crippen LogP contribution in [-0.2, 0) is 16.0 Å². The Balaban J connectivity index is 1.98. The van der Waals surface area contributed by atoms with Crippen LogP contribution in [0.3, 0.4) is 0 Å². The summed E-state index contributed by atoms with van der Waals surface area (Å²) in [5.74, 6) is 0.328. The van der Waals surface area contributed by atoms with Crippen molar-refractivity contribution in [2.45, 2.75) is 24.8 Å². The zero-order valence-corrected chi connectivity index (χ0v) is 13.2. The van der Waals surface area contributed by atoms with E-state index in [9.17, 15) is 4.79 Å². The first-order chi connectivity index (χ1) is 9.54. The molecule has 1 amide bonds. The minimum Gasteiger partial charge on any atom is -0.381 e. The average molecular weight is 337 g/mol. The molecule has 1 saturated heterocycles. The quantitative estimate of drug-likeness (QED) is 0.855. The molecule has 1 heterocycles. The van der Waals surface area contributed by atoms with E-state index in [4.69, 9.17) is 39.5 Å². The second-order valence-electron chi connectivity index (χ2n) is 5.00. The molecular formula is C14H16Cl3NO2. The molecule has 1 N–H and O–H groups in total. The van der Waals surface area contributed by atoms with Crippen molar-refractivity contribution in [1.29, 1.82) is 0 Å².